The van der Waals surface area contributed by atoms with E-state index >= 15 is 8.78 Å². The summed E-state index contributed by atoms with van der Waals surface area (Å²) in [5.41, 5.74) is 0.0109. The molecule has 53 heavy (non-hydrogen) atoms. The minimum absolute atomic E-state index is 0.0172. The molecule has 0 radical (unpaired) electrons. The van der Waals surface area contributed by atoms with Gasteiger partial charge in [0, 0.05) is 73.4 Å². The molecular weight excluding hydrogens is 688 g/mol. The van der Waals surface area contributed by atoms with E-state index in [1.54, 1.807) is 30.3 Å². The summed E-state index contributed by atoms with van der Waals surface area (Å²) in [5.74, 6) is -1.18. The number of carbonyl (C=O) groups excluding carboxylic acids is 1. The predicted octanol–water partition coefficient (Wildman–Crippen LogP) is 7.13. The first-order valence-corrected chi connectivity index (χ1v) is 18.2. The van der Waals surface area contributed by atoms with E-state index in [0.717, 1.165) is 54.8 Å². The van der Waals surface area contributed by atoms with Crippen molar-refractivity contribution in [2.75, 3.05) is 26.2 Å². The molecule has 3 fully saturated rings. The van der Waals surface area contributed by atoms with E-state index in [0.29, 0.717) is 49.8 Å². The van der Waals surface area contributed by atoms with E-state index in [1.807, 2.05) is 13.8 Å². The third-order valence-electron chi connectivity index (χ3n) is 10.4. The van der Waals surface area contributed by atoms with Gasteiger partial charge in [0.1, 0.15) is 23.5 Å². The zero-order valence-corrected chi connectivity index (χ0v) is 30.0. The van der Waals surface area contributed by atoms with Crippen LogP contribution in [0.4, 0.5) is 17.6 Å². The monoisotopic (exact) mass is 734 g/mol. The molecule has 2 unspecified atom stereocenters. The second kappa shape index (κ2) is 16.6. The number of hydrogen-bond donors (Lipinski definition) is 3. The molecule has 1 amide bonds. The van der Waals surface area contributed by atoms with Gasteiger partial charge in [0.25, 0.3) is 17.9 Å². The number of aromatic nitrogens is 1. The van der Waals surface area contributed by atoms with Gasteiger partial charge < -0.3 is 25.4 Å². The number of allylic oxidation sites excluding steroid dienone is 2. The lowest BCUT2D eigenvalue weighted by Crippen LogP contribution is -2.56. The van der Waals surface area contributed by atoms with Crippen molar-refractivity contribution in [3.63, 3.8) is 0 Å². The first-order chi connectivity index (χ1) is 25.4. The minimum atomic E-state index is -2.82. The fourth-order valence-corrected chi connectivity index (χ4v) is 7.00. The average molecular weight is 735 g/mol. The zero-order valence-electron chi connectivity index (χ0n) is 30.0. The Morgan fingerprint density at radius 2 is 1.66 bits per heavy atom. The number of piperidine rings is 2. The van der Waals surface area contributed by atoms with Gasteiger partial charge in [0.05, 0.1) is 17.8 Å². The van der Waals surface area contributed by atoms with E-state index < -0.39 is 29.9 Å². The first-order valence-electron chi connectivity index (χ1n) is 18.2. The summed E-state index contributed by atoms with van der Waals surface area (Å²) in [6.07, 6.45) is 4.63. The molecule has 0 spiro atoms. The third-order valence-corrected chi connectivity index (χ3v) is 10.4. The van der Waals surface area contributed by atoms with Crippen LogP contribution in [-0.4, -0.2) is 82.2 Å². The summed E-state index contributed by atoms with van der Waals surface area (Å²) < 4.78 is 65.0. The summed E-state index contributed by atoms with van der Waals surface area (Å²) in [6, 6.07) is 11.0. The average Bonchev–Trinajstić information content (AvgIpc) is 3.99. The number of benzene rings is 2. The summed E-state index contributed by atoms with van der Waals surface area (Å²) in [7, 11) is 0. The van der Waals surface area contributed by atoms with Gasteiger partial charge in [-0.3, -0.25) is 19.4 Å². The Balaban J connectivity index is 1.18. The highest BCUT2D eigenvalue weighted by molar-refractivity contribution is 6.10. The molecule has 6 rings (SSSR count). The number of hydrogen-bond acceptors (Lipinski definition) is 7. The number of pyridine rings is 1. The van der Waals surface area contributed by atoms with Gasteiger partial charge in [-0.2, -0.15) is 0 Å². The number of nitrogens with zero attached hydrogens (tertiary/aromatic N) is 3. The lowest BCUT2D eigenvalue weighted by molar-refractivity contribution is 0.0177. The van der Waals surface area contributed by atoms with Gasteiger partial charge in [-0.05, 0) is 98.2 Å². The number of halogens is 4. The van der Waals surface area contributed by atoms with E-state index in [1.165, 1.54) is 12.1 Å². The number of amides is 1. The highest BCUT2D eigenvalue weighted by atomic mass is 19.3. The number of alkyl halides is 3. The maximum absolute atomic E-state index is 15.7. The van der Waals surface area contributed by atoms with Gasteiger partial charge in [-0.25, -0.2) is 17.6 Å². The van der Waals surface area contributed by atoms with Crippen LogP contribution in [-0.2, 0) is 6.54 Å². The molecule has 3 N–H and O–H groups in total. The molecule has 2 saturated heterocycles. The molecule has 2 aliphatic heterocycles. The van der Waals surface area contributed by atoms with Crippen LogP contribution < -0.4 is 15.6 Å². The lowest BCUT2D eigenvalue weighted by atomic mass is 9.96. The lowest BCUT2D eigenvalue weighted by Gasteiger charge is -2.43. The van der Waals surface area contributed by atoms with E-state index in [4.69, 9.17) is 15.6 Å². The Kier molecular flexibility index (Phi) is 11.9. The van der Waals surface area contributed by atoms with E-state index in [2.05, 4.69) is 15.1 Å². The number of carbonyl (C=O) groups is 1. The smallest absolute Gasteiger partial charge is 0.265 e. The SMILES string of the molecule is CC(C)C(=N)/C=C\C(=N)c1ccc(Oc2cc(C(=O)NC3CCN(C4CCN(C5CC5)CC4F)CC3)c(F)cc2Cn2cc(C(F)F)ccc2=O)cc1. The van der Waals surface area contributed by atoms with Crippen LogP contribution in [0.2, 0.25) is 0 Å². The summed E-state index contributed by atoms with van der Waals surface area (Å²) in [6.45, 7) is 6.06. The highest BCUT2D eigenvalue weighted by Gasteiger charge is 2.40. The number of likely N-dealkylation sites (tertiary alicyclic amines) is 2. The highest BCUT2D eigenvalue weighted by Crippen LogP contribution is 2.33. The Morgan fingerprint density at radius 3 is 2.30 bits per heavy atom. The Morgan fingerprint density at radius 1 is 0.962 bits per heavy atom. The van der Waals surface area contributed by atoms with Crippen LogP contribution in [0, 0.1) is 22.6 Å². The second-order valence-corrected chi connectivity index (χ2v) is 14.5. The number of nitrogens with one attached hydrogen (secondary N) is 3. The van der Waals surface area contributed by atoms with Crippen LogP contribution in [0.1, 0.15) is 79.4 Å². The summed E-state index contributed by atoms with van der Waals surface area (Å²) >= 11 is 0. The molecule has 282 valence electrons. The largest absolute Gasteiger partial charge is 0.457 e. The topological polar surface area (TPSA) is 115 Å². The molecule has 2 atom stereocenters. The second-order valence-electron chi connectivity index (χ2n) is 14.5. The number of ether oxygens (including phenoxy) is 1. The van der Waals surface area contributed by atoms with Gasteiger partial charge in [0.15, 0.2) is 0 Å². The fourth-order valence-electron chi connectivity index (χ4n) is 7.00. The maximum atomic E-state index is 15.7. The van der Waals surface area contributed by atoms with Crippen molar-refractivity contribution in [3.05, 3.63) is 105 Å². The standard InChI is InChI=1S/C40H46F4N6O3/c1-24(2)34(45)10-11-35(46)25-3-8-30(9-4-25)53-37-20-31(32(41)19-27(37)22-50-21-26(39(43)44)5-12-38(50)51)40(52)47-28-13-16-48(17-14-28)36-15-18-49(23-33(36)42)29-6-7-29/h3-5,8-12,19-21,24,28-29,33,36,39,45-46H,6-7,13-18,22-23H2,1-2H3,(H,47,52)/b11-10-,45-34?,46-35?. The van der Waals surface area contributed by atoms with Crippen LogP contribution in [0.15, 0.2) is 71.7 Å². The molecule has 2 aromatic carbocycles. The maximum Gasteiger partial charge on any atom is 0.265 e. The van der Waals surface area contributed by atoms with Crippen molar-refractivity contribution in [2.45, 2.75) is 83.2 Å². The normalized spacial score (nSPS) is 20.3. The van der Waals surface area contributed by atoms with Gasteiger partial charge in [-0.1, -0.05) is 13.8 Å². The Hall–Kier alpha value is -4.62. The van der Waals surface area contributed by atoms with E-state index in [9.17, 15) is 18.4 Å². The fraction of sp³-hybridized carbons (Fsp3) is 0.450. The molecule has 3 aromatic rings. The molecule has 1 aromatic heterocycles. The van der Waals surface area contributed by atoms with Crippen molar-refractivity contribution in [2.24, 2.45) is 5.92 Å². The van der Waals surface area contributed by atoms with Crippen molar-refractivity contribution in [1.29, 1.82) is 10.8 Å². The molecule has 13 heteroatoms. The van der Waals surface area contributed by atoms with Crippen LogP contribution in [0.25, 0.3) is 0 Å². The van der Waals surface area contributed by atoms with Crippen LogP contribution in [0.5, 0.6) is 11.5 Å². The van der Waals surface area contributed by atoms with E-state index in [-0.39, 0.29) is 58.4 Å². The molecule has 1 saturated carbocycles. The predicted molar refractivity (Wildman–Crippen MR) is 196 cm³/mol. The molecule has 3 aliphatic rings. The van der Waals surface area contributed by atoms with Crippen molar-refractivity contribution in [3.8, 4) is 11.5 Å². The summed E-state index contributed by atoms with van der Waals surface area (Å²) in [4.78, 5) is 30.6. The van der Waals surface area contributed by atoms with Crippen LogP contribution in [0.3, 0.4) is 0 Å². The summed E-state index contributed by atoms with van der Waals surface area (Å²) in [5, 5.41) is 19.3. The Labute approximate surface area is 306 Å². The Bertz CT molecular complexity index is 1900. The zero-order chi connectivity index (χ0) is 37.8. The van der Waals surface area contributed by atoms with Gasteiger partial charge in [0.2, 0.25) is 0 Å². The minimum Gasteiger partial charge on any atom is -0.457 e. The third kappa shape index (κ3) is 9.49. The van der Waals surface area contributed by atoms with Crippen LogP contribution >= 0.6 is 0 Å². The quantitative estimate of drug-likeness (QED) is 0.128. The molecule has 9 nitrogen and oxygen atoms in total. The van der Waals surface area contributed by atoms with Crippen molar-refractivity contribution < 1.29 is 27.1 Å². The van der Waals surface area contributed by atoms with Gasteiger partial charge >= 0.3 is 0 Å². The molecule has 1 aliphatic carbocycles. The molecular formula is C40H46F4N6O3. The van der Waals surface area contributed by atoms with Crippen molar-refractivity contribution >= 4 is 17.3 Å². The molecule has 0 bridgehead atoms. The van der Waals surface area contributed by atoms with Crippen molar-refractivity contribution in [1.82, 2.24) is 19.7 Å². The molecule has 3 heterocycles. The number of rotatable bonds is 13. The van der Waals surface area contributed by atoms with Gasteiger partial charge in [-0.15, -0.1) is 0 Å². The first kappa shape index (κ1) is 38.1.